The van der Waals surface area contributed by atoms with E-state index >= 15 is 0 Å². The molecular formula is C17H16N4O2. The van der Waals surface area contributed by atoms with Gasteiger partial charge in [0.1, 0.15) is 5.75 Å². The summed E-state index contributed by atoms with van der Waals surface area (Å²) >= 11 is 0. The van der Waals surface area contributed by atoms with Gasteiger partial charge in [-0.25, -0.2) is 4.52 Å². The molecular weight excluding hydrogens is 292 g/mol. The zero-order valence-corrected chi connectivity index (χ0v) is 12.7. The lowest BCUT2D eigenvalue weighted by atomic mass is 10.1. The van der Waals surface area contributed by atoms with Crippen LogP contribution in [0.2, 0.25) is 0 Å². The number of aromatic nitrogens is 3. The van der Waals surface area contributed by atoms with E-state index in [-0.39, 0.29) is 11.8 Å². The molecule has 1 N–H and O–H groups in total. The fourth-order valence-corrected chi connectivity index (χ4v) is 2.57. The number of ether oxygens (including phenoxy) is 1. The number of anilines is 1. The van der Waals surface area contributed by atoms with Crippen molar-refractivity contribution in [2.45, 2.75) is 12.8 Å². The van der Waals surface area contributed by atoms with Crippen LogP contribution in [0, 0.1) is 5.92 Å². The number of nitrogens with zero attached hydrogens (tertiary/aromatic N) is 3. The molecule has 1 saturated carbocycles. The smallest absolute Gasteiger partial charge is 0.228 e. The number of carbonyl (C=O) groups excluding carboxylic acids is 1. The average molecular weight is 308 g/mol. The van der Waals surface area contributed by atoms with Crippen LogP contribution in [0.15, 0.2) is 42.9 Å². The molecule has 3 aromatic heterocycles. The minimum atomic E-state index is 0.0579. The Bertz CT molecular complexity index is 883. The maximum atomic E-state index is 11.8. The first kappa shape index (κ1) is 13.8. The number of methoxy groups -OCH3 is 1. The van der Waals surface area contributed by atoms with Gasteiger partial charge in [0.2, 0.25) is 5.91 Å². The predicted molar refractivity (Wildman–Crippen MR) is 86.3 cm³/mol. The van der Waals surface area contributed by atoms with E-state index in [1.165, 1.54) is 0 Å². The summed E-state index contributed by atoms with van der Waals surface area (Å²) in [6.07, 6.45) is 7.29. The zero-order valence-electron chi connectivity index (χ0n) is 12.7. The second-order valence-electron chi connectivity index (χ2n) is 5.65. The van der Waals surface area contributed by atoms with Crippen molar-refractivity contribution in [3.8, 4) is 16.9 Å². The van der Waals surface area contributed by atoms with Crippen LogP contribution in [-0.4, -0.2) is 27.6 Å². The van der Waals surface area contributed by atoms with Crippen molar-refractivity contribution in [3.63, 3.8) is 0 Å². The normalized spacial score (nSPS) is 14.0. The minimum Gasteiger partial charge on any atom is -0.496 e. The van der Waals surface area contributed by atoms with E-state index in [0.717, 1.165) is 35.2 Å². The molecule has 3 aromatic rings. The summed E-state index contributed by atoms with van der Waals surface area (Å²) in [4.78, 5) is 16.0. The number of hydrogen-bond donors (Lipinski definition) is 1. The van der Waals surface area contributed by atoms with E-state index in [0.29, 0.717) is 5.82 Å². The van der Waals surface area contributed by atoms with Gasteiger partial charge in [0, 0.05) is 36.1 Å². The topological polar surface area (TPSA) is 68.5 Å². The number of amides is 1. The summed E-state index contributed by atoms with van der Waals surface area (Å²) in [5.41, 5.74) is 2.81. The van der Waals surface area contributed by atoms with E-state index in [1.807, 2.05) is 30.5 Å². The Morgan fingerprint density at radius 2 is 2.22 bits per heavy atom. The molecule has 0 spiro atoms. The third-order valence-electron chi connectivity index (χ3n) is 3.97. The van der Waals surface area contributed by atoms with Crippen molar-refractivity contribution in [2.75, 3.05) is 12.4 Å². The number of nitrogens with one attached hydrogen (secondary N) is 1. The Hall–Kier alpha value is -2.89. The first-order chi connectivity index (χ1) is 11.2. The molecule has 0 aromatic carbocycles. The molecule has 0 aliphatic heterocycles. The van der Waals surface area contributed by atoms with Gasteiger partial charge in [0.25, 0.3) is 0 Å². The van der Waals surface area contributed by atoms with Crippen molar-refractivity contribution in [1.82, 2.24) is 14.6 Å². The Morgan fingerprint density at radius 1 is 1.35 bits per heavy atom. The fraction of sp³-hybridized carbons (Fsp3) is 0.235. The quantitative estimate of drug-likeness (QED) is 0.804. The van der Waals surface area contributed by atoms with E-state index in [9.17, 15) is 4.79 Å². The summed E-state index contributed by atoms with van der Waals surface area (Å²) in [7, 11) is 1.64. The Labute approximate surface area is 133 Å². The molecule has 0 atom stereocenters. The van der Waals surface area contributed by atoms with Gasteiger partial charge < -0.3 is 10.1 Å². The molecule has 1 amide bonds. The third kappa shape index (κ3) is 2.63. The van der Waals surface area contributed by atoms with E-state index < -0.39 is 0 Å². The molecule has 116 valence electrons. The molecule has 6 nitrogen and oxygen atoms in total. The SMILES string of the molecule is COc1ccncc1-c1ccn2nc(NC(=O)C3CC3)cc2c1. The van der Waals surface area contributed by atoms with Crippen molar-refractivity contribution in [1.29, 1.82) is 0 Å². The fourth-order valence-electron chi connectivity index (χ4n) is 2.57. The summed E-state index contributed by atoms with van der Waals surface area (Å²) in [6, 6.07) is 7.65. The summed E-state index contributed by atoms with van der Waals surface area (Å²) in [5, 5.41) is 7.25. The molecule has 4 rings (SSSR count). The Morgan fingerprint density at radius 3 is 3.00 bits per heavy atom. The maximum Gasteiger partial charge on any atom is 0.228 e. The van der Waals surface area contributed by atoms with E-state index in [1.54, 1.807) is 24.0 Å². The molecule has 6 heteroatoms. The molecule has 23 heavy (non-hydrogen) atoms. The molecule has 1 aliphatic rings. The second-order valence-corrected chi connectivity index (χ2v) is 5.65. The first-order valence-electron chi connectivity index (χ1n) is 7.53. The van der Waals surface area contributed by atoms with Crippen LogP contribution in [0.3, 0.4) is 0 Å². The Kier molecular flexibility index (Phi) is 3.22. The van der Waals surface area contributed by atoms with Gasteiger partial charge in [-0.2, -0.15) is 5.10 Å². The molecule has 3 heterocycles. The first-order valence-corrected chi connectivity index (χ1v) is 7.53. The molecule has 1 fully saturated rings. The van der Waals surface area contributed by atoms with Crippen LogP contribution in [0.5, 0.6) is 5.75 Å². The standard InChI is InChI=1S/C17H16N4O2/c1-23-15-4-6-18-10-14(15)12-5-7-21-13(8-12)9-16(20-21)19-17(22)11-2-3-11/h4-11H,2-3H2,1H3,(H,19,20,22). The van der Waals surface area contributed by atoms with Gasteiger partial charge >= 0.3 is 0 Å². The highest BCUT2D eigenvalue weighted by Gasteiger charge is 2.30. The Balaban J connectivity index is 1.68. The van der Waals surface area contributed by atoms with Gasteiger partial charge in [-0.15, -0.1) is 0 Å². The van der Waals surface area contributed by atoms with Gasteiger partial charge in [0.05, 0.1) is 12.6 Å². The molecule has 0 saturated heterocycles. The van der Waals surface area contributed by atoms with Crippen LogP contribution in [0.25, 0.3) is 16.6 Å². The lowest BCUT2D eigenvalue weighted by Gasteiger charge is -2.07. The van der Waals surface area contributed by atoms with Crippen LogP contribution in [0.1, 0.15) is 12.8 Å². The maximum absolute atomic E-state index is 11.8. The number of carbonyl (C=O) groups is 1. The van der Waals surface area contributed by atoms with Crippen molar-refractivity contribution < 1.29 is 9.53 Å². The van der Waals surface area contributed by atoms with Crippen LogP contribution >= 0.6 is 0 Å². The number of hydrogen-bond acceptors (Lipinski definition) is 4. The summed E-state index contributed by atoms with van der Waals surface area (Å²) in [6.45, 7) is 0. The molecule has 0 unspecified atom stereocenters. The molecule has 0 radical (unpaired) electrons. The third-order valence-corrected chi connectivity index (χ3v) is 3.97. The molecule has 1 aliphatic carbocycles. The van der Waals surface area contributed by atoms with Gasteiger partial charge in [-0.1, -0.05) is 0 Å². The van der Waals surface area contributed by atoms with Gasteiger partial charge in [-0.3, -0.25) is 9.78 Å². The molecule has 0 bridgehead atoms. The minimum absolute atomic E-state index is 0.0579. The lowest BCUT2D eigenvalue weighted by molar-refractivity contribution is -0.117. The van der Waals surface area contributed by atoms with Crippen molar-refractivity contribution >= 4 is 17.2 Å². The largest absolute Gasteiger partial charge is 0.496 e. The summed E-state index contributed by atoms with van der Waals surface area (Å²) in [5.74, 6) is 1.57. The average Bonchev–Trinajstić information content (AvgIpc) is 3.35. The van der Waals surface area contributed by atoms with Gasteiger partial charge in [-0.05, 0) is 36.6 Å². The zero-order chi connectivity index (χ0) is 15.8. The second kappa shape index (κ2) is 5.39. The number of fused-ring (bicyclic) bond motifs is 1. The van der Waals surface area contributed by atoms with Crippen LogP contribution in [0.4, 0.5) is 5.82 Å². The lowest BCUT2D eigenvalue weighted by Crippen LogP contribution is -2.13. The number of rotatable bonds is 4. The van der Waals surface area contributed by atoms with Gasteiger partial charge in [0.15, 0.2) is 5.82 Å². The van der Waals surface area contributed by atoms with E-state index in [2.05, 4.69) is 15.4 Å². The monoisotopic (exact) mass is 308 g/mol. The van der Waals surface area contributed by atoms with E-state index in [4.69, 9.17) is 4.74 Å². The van der Waals surface area contributed by atoms with Crippen molar-refractivity contribution in [2.24, 2.45) is 5.92 Å². The van der Waals surface area contributed by atoms with Crippen molar-refractivity contribution in [3.05, 3.63) is 42.9 Å². The number of pyridine rings is 2. The predicted octanol–water partition coefficient (Wildman–Crippen LogP) is 2.75. The van der Waals surface area contributed by atoms with Crippen LogP contribution < -0.4 is 10.1 Å². The highest BCUT2D eigenvalue weighted by Crippen LogP contribution is 2.31. The summed E-state index contributed by atoms with van der Waals surface area (Å²) < 4.78 is 7.13. The van der Waals surface area contributed by atoms with Crippen LogP contribution in [-0.2, 0) is 4.79 Å². The highest BCUT2D eigenvalue weighted by molar-refractivity contribution is 5.93. The highest BCUT2D eigenvalue weighted by atomic mass is 16.5.